The molecule has 16 nitrogen and oxygen atoms in total. The second-order valence-corrected chi connectivity index (χ2v) is 21.2. The lowest BCUT2D eigenvalue weighted by atomic mass is 10.0. The van der Waals surface area contributed by atoms with E-state index in [4.69, 9.17) is 32.7 Å². The zero-order chi connectivity index (χ0) is 43.0. The van der Waals surface area contributed by atoms with Gasteiger partial charge in [-0.25, -0.2) is 26.9 Å². The van der Waals surface area contributed by atoms with E-state index in [-0.39, 0.29) is 57.3 Å². The zero-order valence-corrected chi connectivity index (χ0v) is 36.2. The number of amides is 2. The number of halogens is 2. The quantitative estimate of drug-likeness (QED) is 0.234. The summed E-state index contributed by atoms with van der Waals surface area (Å²) in [4.78, 5) is 25.5. The summed E-state index contributed by atoms with van der Waals surface area (Å²) in [6.07, 6.45) is 6.41. The number of aromatic nitrogens is 2. The highest BCUT2D eigenvalue weighted by molar-refractivity contribution is 7.92. The average Bonchev–Trinajstić information content (AvgIpc) is 3.75. The van der Waals surface area contributed by atoms with E-state index in [0.29, 0.717) is 31.4 Å². The number of hydrogen-bond acceptors (Lipinski definition) is 13. The Kier molecular flexibility index (Phi) is 12.6. The number of hydrazine groups is 1. The molecule has 20 heteroatoms. The third-order valence-corrected chi connectivity index (χ3v) is 17.4. The molecule has 0 unspecified atom stereocenters. The predicted octanol–water partition coefficient (Wildman–Crippen LogP) is 4.06. The van der Waals surface area contributed by atoms with Crippen LogP contribution in [-0.4, -0.2) is 99.5 Å². The molecule has 2 aromatic carbocycles. The fraction of sp³-hybridized carbons (Fsp3) is 0.525. The SMILES string of the molecule is CO[C@@H]1C[C@H](S(=O)(=O)c2ccc(-n3cccn3)cc2Cl)C[C@H]1C(=O)NC1(C#N)CC1.CO[C@H]1C[C@@H](S(=O)(=O)c2ccc(N3CCCN3)cc2Cl)C[C@@H]1C(=O)NC1(C#N)CC1. The minimum absolute atomic E-state index is 0.0247. The molecule has 3 N–H and O–H groups in total. The van der Waals surface area contributed by atoms with Crippen LogP contribution in [0.2, 0.25) is 10.0 Å². The molecule has 320 valence electrons. The largest absolute Gasteiger partial charge is 0.381 e. The number of carbonyl (C=O) groups is 2. The molecule has 0 radical (unpaired) electrons. The van der Waals surface area contributed by atoms with Crippen molar-refractivity contribution in [1.82, 2.24) is 25.8 Å². The molecule has 4 saturated carbocycles. The first-order chi connectivity index (χ1) is 28.6. The minimum atomic E-state index is -3.78. The van der Waals surface area contributed by atoms with Crippen molar-refractivity contribution in [2.45, 2.75) is 101 Å². The van der Waals surface area contributed by atoms with Gasteiger partial charge in [0.25, 0.3) is 0 Å². The van der Waals surface area contributed by atoms with Crippen LogP contribution in [-0.2, 0) is 38.7 Å². The summed E-state index contributed by atoms with van der Waals surface area (Å²) in [5, 5.41) is 28.7. The number of ether oxygens (including phenoxy) is 2. The molecule has 8 rings (SSSR count). The van der Waals surface area contributed by atoms with Crippen molar-refractivity contribution in [1.29, 1.82) is 10.5 Å². The lowest BCUT2D eigenvalue weighted by molar-refractivity contribution is -0.129. The van der Waals surface area contributed by atoms with E-state index in [0.717, 1.165) is 25.2 Å². The summed E-state index contributed by atoms with van der Waals surface area (Å²) in [5.41, 5.74) is 3.08. The van der Waals surface area contributed by atoms with Crippen molar-refractivity contribution in [3.8, 4) is 17.8 Å². The Bertz CT molecular complexity index is 2430. The summed E-state index contributed by atoms with van der Waals surface area (Å²) >= 11 is 12.7. The predicted molar refractivity (Wildman–Crippen MR) is 220 cm³/mol. The summed E-state index contributed by atoms with van der Waals surface area (Å²) < 4.78 is 65.7. The average molecular weight is 902 g/mol. The van der Waals surface area contributed by atoms with E-state index < -0.39 is 65.3 Å². The molecule has 4 aliphatic carbocycles. The molecular formula is C40H46Cl2N8O8S2. The Balaban J connectivity index is 0.000000181. The summed E-state index contributed by atoms with van der Waals surface area (Å²) in [6, 6.07) is 15.6. The van der Waals surface area contributed by atoms with Gasteiger partial charge in [-0.2, -0.15) is 15.6 Å². The highest BCUT2D eigenvalue weighted by Gasteiger charge is 2.52. The number of nitrogens with one attached hydrogen (secondary N) is 3. The second-order valence-electron chi connectivity index (χ2n) is 16.0. The maximum absolute atomic E-state index is 13.3. The second kappa shape index (κ2) is 17.2. The monoisotopic (exact) mass is 900 g/mol. The van der Waals surface area contributed by atoms with Gasteiger partial charge < -0.3 is 25.1 Å². The molecule has 5 fully saturated rings. The maximum Gasteiger partial charge on any atom is 0.227 e. The topological polar surface area (TPSA) is 226 Å². The first kappa shape index (κ1) is 43.8. The highest BCUT2D eigenvalue weighted by Crippen LogP contribution is 2.42. The molecule has 6 atom stereocenters. The van der Waals surface area contributed by atoms with Crippen molar-refractivity contribution in [2.75, 3.05) is 32.3 Å². The minimum Gasteiger partial charge on any atom is -0.381 e. The Morgan fingerprint density at radius 2 is 1.28 bits per heavy atom. The van der Waals surface area contributed by atoms with Crippen molar-refractivity contribution in [3.05, 3.63) is 64.9 Å². The molecule has 5 aliphatic rings. The van der Waals surface area contributed by atoms with Gasteiger partial charge in [-0.05, 0) is 100 Å². The summed E-state index contributed by atoms with van der Waals surface area (Å²) in [5.74, 6) is -1.91. The third-order valence-electron chi connectivity index (χ3n) is 12.1. The molecule has 0 bridgehead atoms. The summed E-state index contributed by atoms with van der Waals surface area (Å²) in [7, 11) is -4.60. The molecule has 60 heavy (non-hydrogen) atoms. The van der Waals surface area contributed by atoms with Crippen LogP contribution in [0.1, 0.15) is 57.8 Å². The van der Waals surface area contributed by atoms with Crippen LogP contribution in [0.25, 0.3) is 5.69 Å². The van der Waals surface area contributed by atoms with Gasteiger partial charge in [-0.3, -0.25) is 9.59 Å². The van der Waals surface area contributed by atoms with Gasteiger partial charge in [0.2, 0.25) is 11.8 Å². The zero-order valence-electron chi connectivity index (χ0n) is 33.0. The van der Waals surface area contributed by atoms with E-state index in [2.05, 4.69) is 33.3 Å². The molecule has 1 saturated heterocycles. The van der Waals surface area contributed by atoms with Gasteiger partial charge >= 0.3 is 0 Å². The Labute approximate surface area is 359 Å². The van der Waals surface area contributed by atoms with Crippen LogP contribution >= 0.6 is 23.2 Å². The van der Waals surface area contributed by atoms with Crippen molar-refractivity contribution in [3.63, 3.8) is 0 Å². The molecule has 0 spiro atoms. The lowest BCUT2D eigenvalue weighted by Gasteiger charge is -2.20. The first-order valence-corrected chi connectivity index (χ1v) is 23.5. The standard InChI is InChI=1S/C20H25ClN4O4S.C20H21ClN4O4S/c2*1-29-17-11-14(10-15(17)19(26)24-20(12-22)5-6-20)30(27,28)18-4-3-13(9-16(18)21)25-8-2-7-23-25/h3-4,9,14-15,17,23H,2,5-8,10-11H2,1H3,(H,24,26);2-4,7-9,14-15,17H,5-6,10-11H2,1H3,(H,24,26)/t2*14-,15-,17-/m01/s1. The molecular weight excluding hydrogens is 856 g/mol. The smallest absolute Gasteiger partial charge is 0.227 e. The molecule has 1 aliphatic heterocycles. The van der Waals surface area contributed by atoms with Crippen molar-refractivity contribution >= 4 is 60.4 Å². The summed E-state index contributed by atoms with van der Waals surface area (Å²) in [6.45, 7) is 1.70. The van der Waals surface area contributed by atoms with Crippen molar-refractivity contribution < 1.29 is 35.9 Å². The van der Waals surface area contributed by atoms with E-state index in [9.17, 15) is 36.9 Å². The molecule has 1 aromatic heterocycles. The van der Waals surface area contributed by atoms with Gasteiger partial charge in [-0.15, -0.1) is 0 Å². The molecule has 2 amide bonds. The van der Waals surface area contributed by atoms with E-state index >= 15 is 0 Å². The van der Waals surface area contributed by atoms with Crippen LogP contribution < -0.4 is 21.1 Å². The van der Waals surface area contributed by atoms with E-state index in [1.807, 2.05) is 5.01 Å². The first-order valence-electron chi connectivity index (χ1n) is 19.7. The molecule has 3 aromatic rings. The number of anilines is 1. The van der Waals surface area contributed by atoms with Crippen LogP contribution in [0.15, 0.2) is 64.6 Å². The Morgan fingerprint density at radius 1 is 0.800 bits per heavy atom. The van der Waals surface area contributed by atoms with E-state index in [1.165, 1.54) is 26.4 Å². The fourth-order valence-electron chi connectivity index (χ4n) is 8.21. The van der Waals surface area contributed by atoms with Crippen LogP contribution in [0.5, 0.6) is 0 Å². The fourth-order valence-corrected chi connectivity index (χ4v) is 12.9. The number of nitriles is 2. The van der Waals surface area contributed by atoms with Gasteiger partial charge in [0.05, 0.1) is 77.9 Å². The van der Waals surface area contributed by atoms with Crippen LogP contribution in [0.3, 0.4) is 0 Å². The van der Waals surface area contributed by atoms with Crippen molar-refractivity contribution in [2.24, 2.45) is 11.8 Å². The van der Waals surface area contributed by atoms with Crippen LogP contribution in [0.4, 0.5) is 5.69 Å². The highest BCUT2D eigenvalue weighted by atomic mass is 35.5. The van der Waals surface area contributed by atoms with E-state index in [1.54, 1.807) is 47.4 Å². The van der Waals surface area contributed by atoms with Gasteiger partial charge in [-0.1, -0.05) is 23.2 Å². The number of benzene rings is 2. The number of carbonyl (C=O) groups excluding carboxylic acids is 2. The van der Waals surface area contributed by atoms with Gasteiger partial charge in [0.15, 0.2) is 19.7 Å². The van der Waals surface area contributed by atoms with Gasteiger partial charge in [0, 0.05) is 39.7 Å². The maximum atomic E-state index is 13.3. The number of sulfone groups is 2. The number of nitrogens with zero attached hydrogens (tertiary/aromatic N) is 5. The number of hydrogen-bond donors (Lipinski definition) is 3. The van der Waals surface area contributed by atoms with Crippen LogP contribution in [0, 0.1) is 34.5 Å². The lowest BCUT2D eigenvalue weighted by Crippen LogP contribution is -2.42. The Hall–Kier alpha value is -4.27. The number of methoxy groups -OCH3 is 2. The number of rotatable bonds is 12. The third kappa shape index (κ3) is 8.88. The normalized spacial score (nSPS) is 26.3. The van der Waals surface area contributed by atoms with Gasteiger partial charge in [0.1, 0.15) is 11.1 Å². The Morgan fingerprint density at radius 3 is 1.67 bits per heavy atom. The molecule has 2 heterocycles.